The molecule has 2 nitrogen and oxygen atoms in total. The number of halogens is 1. The van der Waals surface area contributed by atoms with Gasteiger partial charge < -0.3 is 4.74 Å². The molecule has 2 rings (SSSR count). The number of hydrogen-bond acceptors (Lipinski definition) is 2. The van der Waals surface area contributed by atoms with Crippen LogP contribution >= 0.6 is 11.6 Å². The number of benzene rings is 2. The van der Waals surface area contributed by atoms with Gasteiger partial charge in [0.1, 0.15) is 5.75 Å². The van der Waals surface area contributed by atoms with Gasteiger partial charge in [-0.25, -0.2) is 0 Å². The first-order valence-corrected chi connectivity index (χ1v) is 8.13. The molecule has 120 valence electrons. The largest absolute Gasteiger partial charge is 0.492 e. The molecule has 0 saturated heterocycles. The van der Waals surface area contributed by atoms with Crippen LogP contribution in [0.2, 0.25) is 5.02 Å². The van der Waals surface area contributed by atoms with Crippen molar-refractivity contribution in [2.45, 2.75) is 12.8 Å². The van der Waals surface area contributed by atoms with Gasteiger partial charge >= 0.3 is 0 Å². The molecule has 0 atom stereocenters. The van der Waals surface area contributed by atoms with E-state index in [9.17, 15) is 0 Å². The third kappa shape index (κ3) is 6.36. The van der Waals surface area contributed by atoms with E-state index >= 15 is 0 Å². The highest BCUT2D eigenvalue weighted by Gasteiger charge is 2.02. The Balaban J connectivity index is 1.82. The molecule has 0 bridgehead atoms. The second-order valence-corrected chi connectivity index (χ2v) is 6.03. The molecule has 0 aromatic heterocycles. The normalized spacial score (nSPS) is 10.3. The van der Waals surface area contributed by atoms with Gasteiger partial charge in [-0.3, -0.25) is 4.90 Å². The van der Waals surface area contributed by atoms with Crippen LogP contribution in [0.15, 0.2) is 48.5 Å². The van der Waals surface area contributed by atoms with E-state index in [1.165, 1.54) is 5.56 Å². The minimum absolute atomic E-state index is 0.612. The lowest BCUT2D eigenvalue weighted by molar-refractivity contribution is 0.311. The van der Waals surface area contributed by atoms with Gasteiger partial charge in [0.2, 0.25) is 0 Å². The lowest BCUT2D eigenvalue weighted by Crippen LogP contribution is -2.10. The van der Waals surface area contributed by atoms with Crippen LogP contribution in [-0.4, -0.2) is 32.1 Å². The summed E-state index contributed by atoms with van der Waals surface area (Å²) in [4.78, 5) is 2.03. The van der Waals surface area contributed by atoms with Crippen molar-refractivity contribution >= 4 is 11.6 Å². The Hall–Kier alpha value is -1.95. The summed E-state index contributed by atoms with van der Waals surface area (Å²) in [7, 11) is 3.99. The van der Waals surface area contributed by atoms with Crippen LogP contribution in [0.5, 0.6) is 5.75 Å². The Bertz CT molecular complexity index is 671. The monoisotopic (exact) mass is 327 g/mol. The summed E-state index contributed by atoms with van der Waals surface area (Å²) < 4.78 is 5.77. The molecule has 23 heavy (non-hydrogen) atoms. The molecule has 0 amide bonds. The molecule has 0 aliphatic carbocycles. The quantitative estimate of drug-likeness (QED) is 0.580. The highest BCUT2D eigenvalue weighted by Crippen LogP contribution is 2.25. The standard InChI is InChI=1S/C20H22ClNO/c1-22(2)14-6-10-18-12-13-20(19(21)16-18)23-15-7-11-17-8-4-3-5-9-17/h3-5,8-9,12-13,16H,7,11,14-15H2,1-2H3. The third-order valence-electron chi connectivity index (χ3n) is 3.27. The Kier molecular flexibility index (Phi) is 7.00. The van der Waals surface area contributed by atoms with Crippen molar-refractivity contribution in [1.29, 1.82) is 0 Å². The van der Waals surface area contributed by atoms with E-state index in [1.54, 1.807) is 0 Å². The average molecular weight is 328 g/mol. The summed E-state index contributed by atoms with van der Waals surface area (Å²) in [6.45, 7) is 1.38. The first-order valence-electron chi connectivity index (χ1n) is 7.75. The van der Waals surface area contributed by atoms with Crippen LogP contribution in [0.4, 0.5) is 0 Å². The molecule has 0 aliphatic rings. The Morgan fingerprint density at radius 1 is 1.09 bits per heavy atom. The van der Waals surface area contributed by atoms with Crippen molar-refractivity contribution in [3.63, 3.8) is 0 Å². The fourth-order valence-corrected chi connectivity index (χ4v) is 2.33. The molecule has 0 heterocycles. The SMILES string of the molecule is CN(C)CC#Cc1ccc(OCCCc2ccccc2)c(Cl)c1. The van der Waals surface area contributed by atoms with Crippen molar-refractivity contribution in [3.05, 3.63) is 64.7 Å². The molecule has 2 aromatic carbocycles. The molecule has 0 N–H and O–H groups in total. The molecule has 0 saturated carbocycles. The van der Waals surface area contributed by atoms with Gasteiger partial charge in [0, 0.05) is 5.56 Å². The Labute approximate surface area is 144 Å². The molecule has 0 unspecified atom stereocenters. The van der Waals surface area contributed by atoms with Gasteiger partial charge in [-0.15, -0.1) is 0 Å². The Morgan fingerprint density at radius 2 is 1.87 bits per heavy atom. The molecule has 0 spiro atoms. The summed E-state index contributed by atoms with van der Waals surface area (Å²) in [6.07, 6.45) is 1.97. The van der Waals surface area contributed by atoms with E-state index in [1.807, 2.05) is 43.3 Å². The second-order valence-electron chi connectivity index (χ2n) is 5.62. The average Bonchev–Trinajstić information content (AvgIpc) is 2.54. The first kappa shape index (κ1) is 17.4. The number of nitrogens with zero attached hydrogens (tertiary/aromatic N) is 1. The maximum absolute atomic E-state index is 6.26. The summed E-state index contributed by atoms with van der Waals surface area (Å²) in [5, 5.41) is 0.612. The van der Waals surface area contributed by atoms with E-state index in [-0.39, 0.29) is 0 Å². The molecular weight excluding hydrogens is 306 g/mol. The third-order valence-corrected chi connectivity index (χ3v) is 3.57. The molecule has 0 aliphatic heterocycles. The molecule has 2 aromatic rings. The van der Waals surface area contributed by atoms with Gasteiger partial charge in [0.05, 0.1) is 18.2 Å². The molecule has 0 radical (unpaired) electrons. The zero-order valence-corrected chi connectivity index (χ0v) is 14.4. The number of ether oxygens (including phenoxy) is 1. The zero-order chi connectivity index (χ0) is 16.5. The minimum atomic E-state index is 0.612. The van der Waals surface area contributed by atoms with Gasteiger partial charge in [0.25, 0.3) is 0 Å². The molecular formula is C20H22ClNO. The summed E-state index contributed by atoms with van der Waals surface area (Å²) in [6, 6.07) is 16.1. The highest BCUT2D eigenvalue weighted by molar-refractivity contribution is 6.32. The minimum Gasteiger partial charge on any atom is -0.492 e. The van der Waals surface area contributed by atoms with E-state index in [0.717, 1.165) is 30.7 Å². The number of aryl methyl sites for hydroxylation is 1. The van der Waals surface area contributed by atoms with Crippen LogP contribution in [-0.2, 0) is 6.42 Å². The van der Waals surface area contributed by atoms with E-state index < -0.39 is 0 Å². The predicted molar refractivity (Wildman–Crippen MR) is 97.1 cm³/mol. The Morgan fingerprint density at radius 3 is 2.57 bits per heavy atom. The van der Waals surface area contributed by atoms with Gasteiger partial charge in [0.15, 0.2) is 0 Å². The van der Waals surface area contributed by atoms with E-state index in [4.69, 9.17) is 16.3 Å². The summed E-state index contributed by atoms with van der Waals surface area (Å²) in [5.41, 5.74) is 2.24. The summed E-state index contributed by atoms with van der Waals surface area (Å²) in [5.74, 6) is 6.92. The van der Waals surface area contributed by atoms with Gasteiger partial charge in [-0.1, -0.05) is 53.8 Å². The zero-order valence-electron chi connectivity index (χ0n) is 13.7. The maximum Gasteiger partial charge on any atom is 0.137 e. The van der Waals surface area contributed by atoms with Crippen LogP contribution < -0.4 is 4.74 Å². The van der Waals surface area contributed by atoms with Crippen LogP contribution in [0.1, 0.15) is 17.5 Å². The van der Waals surface area contributed by atoms with Crippen LogP contribution in [0.25, 0.3) is 0 Å². The molecule has 3 heteroatoms. The van der Waals surface area contributed by atoms with E-state index in [0.29, 0.717) is 11.6 Å². The van der Waals surface area contributed by atoms with Gasteiger partial charge in [-0.2, -0.15) is 0 Å². The van der Waals surface area contributed by atoms with Crippen LogP contribution in [0, 0.1) is 11.8 Å². The lowest BCUT2D eigenvalue weighted by atomic mass is 10.1. The fraction of sp³-hybridized carbons (Fsp3) is 0.300. The highest BCUT2D eigenvalue weighted by atomic mass is 35.5. The van der Waals surface area contributed by atoms with Crippen molar-refractivity contribution in [2.75, 3.05) is 27.2 Å². The van der Waals surface area contributed by atoms with Crippen LogP contribution in [0.3, 0.4) is 0 Å². The number of hydrogen-bond donors (Lipinski definition) is 0. The van der Waals surface area contributed by atoms with Crippen molar-refractivity contribution in [2.24, 2.45) is 0 Å². The number of rotatable bonds is 6. The van der Waals surface area contributed by atoms with Crippen molar-refractivity contribution in [1.82, 2.24) is 4.90 Å². The van der Waals surface area contributed by atoms with Crippen molar-refractivity contribution in [3.8, 4) is 17.6 Å². The topological polar surface area (TPSA) is 12.5 Å². The fourth-order valence-electron chi connectivity index (χ4n) is 2.10. The first-order chi connectivity index (χ1) is 11.1. The molecule has 0 fully saturated rings. The summed E-state index contributed by atoms with van der Waals surface area (Å²) >= 11 is 6.26. The van der Waals surface area contributed by atoms with E-state index in [2.05, 4.69) is 36.1 Å². The lowest BCUT2D eigenvalue weighted by Gasteiger charge is -2.08. The van der Waals surface area contributed by atoms with Gasteiger partial charge in [-0.05, 0) is 50.7 Å². The second kappa shape index (κ2) is 9.25. The predicted octanol–water partition coefficient (Wildman–Crippen LogP) is 4.26. The smallest absolute Gasteiger partial charge is 0.137 e. The maximum atomic E-state index is 6.26. The van der Waals surface area contributed by atoms with Crippen molar-refractivity contribution < 1.29 is 4.74 Å².